The molecule has 3 aromatic rings. The average molecular weight is 463 g/mol. The molecule has 146 valence electrons. The Labute approximate surface area is 175 Å². The highest BCUT2D eigenvalue weighted by Gasteiger charge is 2.12. The van der Waals surface area contributed by atoms with Gasteiger partial charge in [-0.25, -0.2) is 4.98 Å². The van der Waals surface area contributed by atoms with Crippen molar-refractivity contribution in [2.75, 3.05) is 26.6 Å². The van der Waals surface area contributed by atoms with Gasteiger partial charge in [-0.15, -0.1) is 11.3 Å². The Bertz CT molecular complexity index is 990. The fourth-order valence-electron chi connectivity index (χ4n) is 2.63. The first-order chi connectivity index (χ1) is 13.5. The molecule has 0 unspecified atom stereocenters. The predicted octanol–water partition coefficient (Wildman–Crippen LogP) is 4.78. The van der Waals surface area contributed by atoms with Gasteiger partial charge in [-0.1, -0.05) is 6.07 Å². The number of nitrogens with one attached hydrogen (secondary N) is 1. The van der Waals surface area contributed by atoms with Crippen LogP contribution in [-0.4, -0.2) is 32.2 Å². The minimum absolute atomic E-state index is 0.149. The molecule has 0 bridgehead atoms. The third-order valence-electron chi connectivity index (χ3n) is 4.01. The van der Waals surface area contributed by atoms with Crippen molar-refractivity contribution in [1.29, 1.82) is 0 Å². The van der Waals surface area contributed by atoms with Crippen LogP contribution in [0.15, 0.2) is 46.3 Å². The molecule has 1 N–H and O–H groups in total. The molecule has 1 amide bonds. The van der Waals surface area contributed by atoms with E-state index in [-0.39, 0.29) is 12.3 Å². The predicted molar refractivity (Wildman–Crippen MR) is 114 cm³/mol. The molecule has 0 fully saturated rings. The van der Waals surface area contributed by atoms with Crippen LogP contribution in [0.1, 0.15) is 5.56 Å². The van der Waals surface area contributed by atoms with E-state index in [9.17, 15) is 4.79 Å². The number of thiazole rings is 1. The number of hydrogen-bond donors (Lipinski definition) is 1. The number of aromatic nitrogens is 1. The third-order valence-corrected chi connectivity index (χ3v) is 5.39. The van der Waals surface area contributed by atoms with E-state index < -0.39 is 0 Å². The van der Waals surface area contributed by atoms with Crippen molar-refractivity contribution in [3.63, 3.8) is 0 Å². The zero-order valence-corrected chi connectivity index (χ0v) is 18.0. The normalized spacial score (nSPS) is 10.4. The van der Waals surface area contributed by atoms with Crippen LogP contribution < -0.4 is 19.5 Å². The molecular formula is C20H19BrN2O4S. The molecule has 0 saturated carbocycles. The van der Waals surface area contributed by atoms with E-state index in [2.05, 4.69) is 26.2 Å². The fraction of sp³-hybridized carbons (Fsp3) is 0.200. The summed E-state index contributed by atoms with van der Waals surface area (Å²) in [7, 11) is 4.76. The number of amides is 1. The number of methoxy groups -OCH3 is 3. The van der Waals surface area contributed by atoms with Gasteiger partial charge in [0.15, 0.2) is 16.6 Å². The number of hydrogen-bond acceptors (Lipinski definition) is 6. The van der Waals surface area contributed by atoms with Gasteiger partial charge < -0.3 is 19.5 Å². The van der Waals surface area contributed by atoms with Crippen molar-refractivity contribution in [3.05, 3.63) is 51.8 Å². The van der Waals surface area contributed by atoms with E-state index in [0.717, 1.165) is 27.0 Å². The van der Waals surface area contributed by atoms with Crippen molar-refractivity contribution >= 4 is 38.3 Å². The summed E-state index contributed by atoms with van der Waals surface area (Å²) in [5.41, 5.74) is 2.55. The molecule has 0 aliphatic rings. The highest BCUT2D eigenvalue weighted by Crippen LogP contribution is 2.32. The van der Waals surface area contributed by atoms with Gasteiger partial charge in [0.1, 0.15) is 5.75 Å². The topological polar surface area (TPSA) is 69.7 Å². The zero-order chi connectivity index (χ0) is 20.1. The third kappa shape index (κ3) is 4.63. The Morgan fingerprint density at radius 1 is 1.04 bits per heavy atom. The van der Waals surface area contributed by atoms with Crippen LogP contribution in [0.2, 0.25) is 0 Å². The molecule has 0 radical (unpaired) electrons. The number of halogens is 1. The first-order valence-electron chi connectivity index (χ1n) is 8.34. The first kappa shape index (κ1) is 20.2. The molecule has 2 aromatic carbocycles. The largest absolute Gasteiger partial charge is 0.496 e. The van der Waals surface area contributed by atoms with E-state index >= 15 is 0 Å². The summed E-state index contributed by atoms with van der Waals surface area (Å²) in [6.45, 7) is 0. The molecule has 3 rings (SSSR count). The molecule has 0 spiro atoms. The molecule has 0 saturated heterocycles. The fourth-order valence-corrected chi connectivity index (χ4v) is 3.91. The number of rotatable bonds is 7. The lowest BCUT2D eigenvalue weighted by Crippen LogP contribution is -2.14. The van der Waals surface area contributed by atoms with E-state index in [1.54, 1.807) is 33.5 Å². The van der Waals surface area contributed by atoms with Crippen LogP contribution in [0.4, 0.5) is 5.13 Å². The zero-order valence-electron chi connectivity index (χ0n) is 15.6. The van der Waals surface area contributed by atoms with Crippen LogP contribution in [0.25, 0.3) is 11.3 Å². The van der Waals surface area contributed by atoms with Gasteiger partial charge in [-0.2, -0.15) is 0 Å². The molecule has 0 aliphatic carbocycles. The summed E-state index contributed by atoms with van der Waals surface area (Å²) in [4.78, 5) is 16.9. The van der Waals surface area contributed by atoms with Gasteiger partial charge in [-0.3, -0.25) is 4.79 Å². The lowest BCUT2D eigenvalue weighted by atomic mass is 10.1. The Morgan fingerprint density at radius 3 is 2.43 bits per heavy atom. The van der Waals surface area contributed by atoms with Crippen LogP contribution in [0.3, 0.4) is 0 Å². The molecular weight excluding hydrogens is 444 g/mol. The number of carbonyl (C=O) groups excluding carboxylic acids is 1. The Balaban J connectivity index is 1.68. The number of nitrogens with zero attached hydrogens (tertiary/aromatic N) is 1. The summed E-state index contributed by atoms with van der Waals surface area (Å²) in [5, 5.41) is 5.30. The maximum absolute atomic E-state index is 12.4. The quantitative estimate of drug-likeness (QED) is 0.546. The van der Waals surface area contributed by atoms with Gasteiger partial charge in [0.05, 0.1) is 37.9 Å². The molecule has 8 heteroatoms. The van der Waals surface area contributed by atoms with Crippen molar-refractivity contribution < 1.29 is 19.0 Å². The molecule has 28 heavy (non-hydrogen) atoms. The van der Waals surface area contributed by atoms with Crippen molar-refractivity contribution in [3.8, 4) is 28.5 Å². The summed E-state index contributed by atoms with van der Waals surface area (Å²) < 4.78 is 16.6. The first-order valence-corrected chi connectivity index (χ1v) is 10.0. The second-order valence-corrected chi connectivity index (χ2v) is 7.51. The standard InChI is InChI=1S/C20H19BrN2O4S/c1-25-16-7-5-13(10-14(16)21)15-11-28-20(22-15)23-19(24)9-12-4-6-17(26-2)18(8-12)27-3/h4-8,10-11H,9H2,1-3H3,(H,22,23,24). The van der Waals surface area contributed by atoms with E-state index in [4.69, 9.17) is 14.2 Å². The lowest BCUT2D eigenvalue weighted by molar-refractivity contribution is -0.115. The van der Waals surface area contributed by atoms with Crippen LogP contribution >= 0.6 is 27.3 Å². The van der Waals surface area contributed by atoms with Gasteiger partial charge in [0.2, 0.25) is 5.91 Å². The second kappa shape index (κ2) is 9.07. The second-order valence-electron chi connectivity index (χ2n) is 5.80. The van der Waals surface area contributed by atoms with Gasteiger partial charge >= 0.3 is 0 Å². The summed E-state index contributed by atoms with van der Waals surface area (Å²) in [5.74, 6) is 1.82. The SMILES string of the molecule is COc1ccc(-c2csc(NC(=O)Cc3ccc(OC)c(OC)c3)n2)cc1Br. The maximum atomic E-state index is 12.4. The molecule has 0 atom stereocenters. The van der Waals surface area contributed by atoms with E-state index in [1.807, 2.05) is 29.6 Å². The van der Waals surface area contributed by atoms with Crippen molar-refractivity contribution in [1.82, 2.24) is 4.98 Å². The molecule has 0 aliphatic heterocycles. The Morgan fingerprint density at radius 2 is 1.75 bits per heavy atom. The minimum Gasteiger partial charge on any atom is -0.496 e. The number of anilines is 1. The summed E-state index contributed by atoms with van der Waals surface area (Å²) in [6, 6.07) is 11.1. The van der Waals surface area contributed by atoms with Crippen molar-refractivity contribution in [2.45, 2.75) is 6.42 Å². The monoisotopic (exact) mass is 462 g/mol. The van der Waals surface area contributed by atoms with Gasteiger partial charge in [0.25, 0.3) is 0 Å². The highest BCUT2D eigenvalue weighted by atomic mass is 79.9. The molecule has 1 aromatic heterocycles. The number of ether oxygens (including phenoxy) is 3. The maximum Gasteiger partial charge on any atom is 0.230 e. The van der Waals surface area contributed by atoms with Crippen LogP contribution in [0.5, 0.6) is 17.2 Å². The molecule has 1 heterocycles. The summed E-state index contributed by atoms with van der Waals surface area (Å²) in [6.07, 6.45) is 0.212. The van der Waals surface area contributed by atoms with Crippen LogP contribution in [-0.2, 0) is 11.2 Å². The van der Waals surface area contributed by atoms with Gasteiger partial charge in [0, 0.05) is 10.9 Å². The van der Waals surface area contributed by atoms with E-state index in [0.29, 0.717) is 16.6 Å². The smallest absolute Gasteiger partial charge is 0.230 e. The van der Waals surface area contributed by atoms with E-state index in [1.165, 1.54) is 11.3 Å². The average Bonchev–Trinajstić information content (AvgIpc) is 3.16. The summed E-state index contributed by atoms with van der Waals surface area (Å²) >= 11 is 4.85. The molecule has 6 nitrogen and oxygen atoms in total. The van der Waals surface area contributed by atoms with Crippen molar-refractivity contribution in [2.24, 2.45) is 0 Å². The number of benzene rings is 2. The Hall–Kier alpha value is -2.58. The number of carbonyl (C=O) groups is 1. The van der Waals surface area contributed by atoms with Gasteiger partial charge in [-0.05, 0) is 51.8 Å². The Kier molecular flexibility index (Phi) is 6.53. The highest BCUT2D eigenvalue weighted by molar-refractivity contribution is 9.10. The minimum atomic E-state index is -0.149. The van der Waals surface area contributed by atoms with Crippen LogP contribution in [0, 0.1) is 0 Å². The lowest BCUT2D eigenvalue weighted by Gasteiger charge is -2.09.